The molecule has 0 atom stereocenters. The molecule has 0 unspecified atom stereocenters. The van der Waals surface area contributed by atoms with Crippen molar-refractivity contribution in [3.05, 3.63) is 71.3 Å². The van der Waals surface area contributed by atoms with Crippen LogP contribution in [-0.4, -0.2) is 28.8 Å². The molecule has 0 bridgehead atoms. The molecular formula is C30H37N3O. The van der Waals surface area contributed by atoms with E-state index in [0.29, 0.717) is 5.75 Å². The molecule has 0 saturated carbocycles. The van der Waals surface area contributed by atoms with E-state index in [1.807, 2.05) is 14.1 Å². The maximum Gasteiger partial charge on any atom is 0.145 e. The summed E-state index contributed by atoms with van der Waals surface area (Å²) in [4.78, 5) is 7.19. The summed E-state index contributed by atoms with van der Waals surface area (Å²) in [6.07, 6.45) is 0. The van der Waals surface area contributed by atoms with Gasteiger partial charge in [-0.2, -0.15) is 0 Å². The molecule has 1 N–H and O–H groups in total. The number of phenols is 1. The van der Waals surface area contributed by atoms with Crippen LogP contribution < -0.4 is 4.90 Å². The second-order valence-corrected chi connectivity index (χ2v) is 11.6. The summed E-state index contributed by atoms with van der Waals surface area (Å²) in [5, 5.41) is 11.3. The van der Waals surface area contributed by atoms with E-state index in [-0.39, 0.29) is 10.8 Å². The van der Waals surface area contributed by atoms with Crippen LogP contribution in [0, 0.1) is 6.92 Å². The Morgan fingerprint density at radius 3 is 1.85 bits per heavy atom. The lowest BCUT2D eigenvalue weighted by Gasteiger charge is -2.28. The number of nitrogens with zero attached hydrogens (tertiary/aromatic N) is 3. The molecule has 1 heterocycles. The van der Waals surface area contributed by atoms with Gasteiger partial charge in [0.15, 0.2) is 0 Å². The molecule has 0 fully saturated rings. The largest absolute Gasteiger partial charge is 0.507 e. The van der Waals surface area contributed by atoms with E-state index in [0.717, 1.165) is 44.9 Å². The average Bonchev–Trinajstić information content (AvgIpc) is 3.10. The molecule has 4 aromatic rings. The van der Waals surface area contributed by atoms with Crippen LogP contribution in [-0.2, 0) is 10.8 Å². The molecule has 1 aromatic heterocycles. The predicted molar refractivity (Wildman–Crippen MR) is 145 cm³/mol. The van der Waals surface area contributed by atoms with Crippen LogP contribution in [0.1, 0.15) is 58.2 Å². The van der Waals surface area contributed by atoms with Crippen LogP contribution in [0.5, 0.6) is 5.75 Å². The monoisotopic (exact) mass is 455 g/mol. The summed E-state index contributed by atoms with van der Waals surface area (Å²) in [5.74, 6) is 1.29. The lowest BCUT2D eigenvalue weighted by atomic mass is 9.79. The molecule has 0 spiro atoms. The van der Waals surface area contributed by atoms with Gasteiger partial charge in [-0.1, -0.05) is 47.6 Å². The van der Waals surface area contributed by atoms with Crippen LogP contribution in [0.4, 0.5) is 5.69 Å². The van der Waals surface area contributed by atoms with Crippen LogP contribution in [0.2, 0.25) is 0 Å². The molecular weight excluding hydrogens is 418 g/mol. The van der Waals surface area contributed by atoms with Crippen LogP contribution in [0.15, 0.2) is 54.6 Å². The number of benzene rings is 3. The van der Waals surface area contributed by atoms with Crippen molar-refractivity contribution in [1.82, 2.24) is 9.55 Å². The Morgan fingerprint density at radius 2 is 1.35 bits per heavy atom. The molecule has 178 valence electrons. The number of aryl methyl sites for hydroxylation is 1. The second-order valence-electron chi connectivity index (χ2n) is 11.6. The summed E-state index contributed by atoms with van der Waals surface area (Å²) < 4.78 is 2.24. The Kier molecular flexibility index (Phi) is 5.75. The van der Waals surface area contributed by atoms with E-state index < -0.39 is 0 Å². The predicted octanol–water partition coefficient (Wildman–Crippen LogP) is 7.37. The first-order valence-corrected chi connectivity index (χ1v) is 11.9. The van der Waals surface area contributed by atoms with Gasteiger partial charge in [0, 0.05) is 42.2 Å². The van der Waals surface area contributed by atoms with E-state index >= 15 is 0 Å². The average molecular weight is 456 g/mol. The van der Waals surface area contributed by atoms with Gasteiger partial charge in [0.1, 0.15) is 11.6 Å². The minimum absolute atomic E-state index is 0.208. The lowest BCUT2D eigenvalue weighted by molar-refractivity contribution is 0.423. The summed E-state index contributed by atoms with van der Waals surface area (Å²) in [6.45, 7) is 15.0. The van der Waals surface area contributed by atoms with Crippen molar-refractivity contribution in [2.45, 2.75) is 59.3 Å². The Bertz CT molecular complexity index is 1310. The van der Waals surface area contributed by atoms with Crippen LogP contribution in [0.3, 0.4) is 0 Å². The minimum Gasteiger partial charge on any atom is -0.507 e. The highest BCUT2D eigenvalue weighted by molar-refractivity contribution is 5.84. The molecule has 0 aliphatic carbocycles. The Hall–Kier alpha value is -3.27. The number of phenolic OH excluding ortho intramolecular Hbond substituents is 1. The molecule has 0 aliphatic heterocycles. The summed E-state index contributed by atoms with van der Waals surface area (Å²) >= 11 is 0. The highest BCUT2D eigenvalue weighted by Crippen LogP contribution is 2.42. The van der Waals surface area contributed by atoms with Gasteiger partial charge in [0.05, 0.1) is 11.0 Å². The first-order chi connectivity index (χ1) is 15.8. The fourth-order valence-electron chi connectivity index (χ4n) is 4.45. The van der Waals surface area contributed by atoms with E-state index in [4.69, 9.17) is 4.98 Å². The third-order valence-electron chi connectivity index (χ3n) is 6.42. The van der Waals surface area contributed by atoms with Gasteiger partial charge in [-0.05, 0) is 71.8 Å². The summed E-state index contributed by atoms with van der Waals surface area (Å²) in [5.41, 5.74) is 7.90. The fraction of sp³-hybridized carbons (Fsp3) is 0.367. The van der Waals surface area contributed by atoms with Crippen molar-refractivity contribution >= 4 is 16.7 Å². The molecule has 4 rings (SSSR count). The quantitative estimate of drug-likeness (QED) is 0.351. The smallest absolute Gasteiger partial charge is 0.145 e. The van der Waals surface area contributed by atoms with Crippen molar-refractivity contribution in [3.63, 3.8) is 0 Å². The van der Waals surface area contributed by atoms with Gasteiger partial charge < -0.3 is 10.0 Å². The highest BCUT2D eigenvalue weighted by atomic mass is 16.3. The second kappa shape index (κ2) is 8.19. The van der Waals surface area contributed by atoms with Gasteiger partial charge in [-0.15, -0.1) is 0 Å². The van der Waals surface area contributed by atoms with Crippen LogP contribution in [0.25, 0.3) is 28.1 Å². The summed E-state index contributed by atoms with van der Waals surface area (Å²) in [7, 11) is 4.09. The fourth-order valence-corrected chi connectivity index (χ4v) is 4.45. The van der Waals surface area contributed by atoms with Gasteiger partial charge in [-0.25, -0.2) is 4.98 Å². The number of imidazole rings is 1. The molecule has 0 saturated heterocycles. The Labute approximate surface area is 203 Å². The first-order valence-electron chi connectivity index (χ1n) is 11.9. The Morgan fingerprint density at radius 1 is 0.794 bits per heavy atom. The summed E-state index contributed by atoms with van der Waals surface area (Å²) in [6, 6.07) is 19.2. The minimum atomic E-state index is -0.208. The van der Waals surface area contributed by atoms with Gasteiger partial charge in [0.25, 0.3) is 0 Å². The number of hydrogen-bond acceptors (Lipinski definition) is 3. The zero-order valence-electron chi connectivity index (χ0n) is 22.0. The number of aromatic hydroxyl groups is 1. The van der Waals surface area contributed by atoms with Crippen molar-refractivity contribution in [3.8, 4) is 22.8 Å². The SMILES string of the molecule is Cc1ccc2c(c1)nc(-c1ccc(N(C)C)cc1)n2-c1cc(C(C)(C)C)c(O)c(C(C)(C)C)c1. The van der Waals surface area contributed by atoms with Crippen molar-refractivity contribution in [2.75, 3.05) is 19.0 Å². The lowest BCUT2D eigenvalue weighted by Crippen LogP contribution is -2.18. The van der Waals surface area contributed by atoms with Crippen molar-refractivity contribution < 1.29 is 5.11 Å². The van der Waals surface area contributed by atoms with Gasteiger partial charge in [0.2, 0.25) is 0 Å². The normalized spacial score (nSPS) is 12.4. The highest BCUT2D eigenvalue weighted by Gasteiger charge is 2.28. The third kappa shape index (κ3) is 4.29. The molecule has 34 heavy (non-hydrogen) atoms. The molecule has 0 radical (unpaired) electrons. The molecule has 4 heteroatoms. The maximum atomic E-state index is 11.3. The Balaban J connectivity index is 2.07. The maximum absolute atomic E-state index is 11.3. The number of fused-ring (bicyclic) bond motifs is 1. The van der Waals surface area contributed by atoms with E-state index in [9.17, 15) is 5.11 Å². The number of rotatable bonds is 3. The number of anilines is 1. The topological polar surface area (TPSA) is 41.3 Å². The van der Waals surface area contributed by atoms with E-state index in [1.165, 1.54) is 5.56 Å². The molecule has 0 amide bonds. The first kappa shape index (κ1) is 23.9. The third-order valence-corrected chi connectivity index (χ3v) is 6.42. The van der Waals surface area contributed by atoms with Gasteiger partial charge >= 0.3 is 0 Å². The standard InChI is InChI=1S/C30H37N3O/c1-19-10-15-26-25(16-19)31-28(20-11-13-21(14-12-20)32(8)9)33(26)22-17-23(29(2,3)4)27(34)24(18-22)30(5,6)7/h10-18,34H,1-9H3. The van der Waals surface area contributed by atoms with Crippen molar-refractivity contribution in [1.29, 1.82) is 0 Å². The zero-order valence-corrected chi connectivity index (χ0v) is 22.0. The molecule has 3 aromatic carbocycles. The molecule has 4 nitrogen and oxygen atoms in total. The number of hydrogen-bond donors (Lipinski definition) is 1. The van der Waals surface area contributed by atoms with E-state index in [1.54, 1.807) is 0 Å². The number of aromatic nitrogens is 2. The van der Waals surface area contributed by atoms with Crippen molar-refractivity contribution in [2.24, 2.45) is 0 Å². The molecule has 0 aliphatic rings. The zero-order chi connectivity index (χ0) is 25.0. The van der Waals surface area contributed by atoms with Gasteiger partial charge in [-0.3, -0.25) is 4.57 Å². The van der Waals surface area contributed by atoms with E-state index in [2.05, 4.69) is 113 Å². The van der Waals surface area contributed by atoms with Crippen LogP contribution >= 0.6 is 0 Å².